The first-order chi connectivity index (χ1) is 9.56. The van der Waals surface area contributed by atoms with E-state index in [1.165, 1.54) is 12.8 Å². The summed E-state index contributed by atoms with van der Waals surface area (Å²) in [4.78, 5) is 4.37. The summed E-state index contributed by atoms with van der Waals surface area (Å²) in [6.07, 6.45) is 5.29. The van der Waals surface area contributed by atoms with Crippen LogP contribution in [0.1, 0.15) is 33.1 Å². The van der Waals surface area contributed by atoms with Gasteiger partial charge in [-0.2, -0.15) is 0 Å². The molecule has 106 valence electrons. The van der Waals surface area contributed by atoms with E-state index in [1.807, 2.05) is 24.4 Å². The van der Waals surface area contributed by atoms with Crippen molar-refractivity contribution < 1.29 is 4.74 Å². The van der Waals surface area contributed by atoms with Gasteiger partial charge in [0.15, 0.2) is 0 Å². The standard InChI is InChI=1S/C17H22N2O/c1-17(2)9-3-6-15(16(17)18)20-13-8-7-12-5-4-10-19-14(12)11-13/h4-5,7-8,10-11,15-16H,3,6,9,18H2,1-2H3. The number of aromatic nitrogens is 1. The van der Waals surface area contributed by atoms with Crippen LogP contribution in [0.4, 0.5) is 0 Å². The molecule has 0 aliphatic heterocycles. The van der Waals surface area contributed by atoms with Crippen LogP contribution < -0.4 is 10.5 Å². The van der Waals surface area contributed by atoms with Gasteiger partial charge in [-0.3, -0.25) is 4.98 Å². The molecule has 2 aromatic rings. The summed E-state index contributed by atoms with van der Waals surface area (Å²) in [6, 6.07) is 10.2. The number of nitrogens with two attached hydrogens (primary N) is 1. The maximum absolute atomic E-state index is 6.38. The Hall–Kier alpha value is -1.61. The Morgan fingerprint density at radius 3 is 3.00 bits per heavy atom. The molecule has 3 heteroatoms. The zero-order valence-corrected chi connectivity index (χ0v) is 12.2. The van der Waals surface area contributed by atoms with Crippen molar-refractivity contribution in [3.63, 3.8) is 0 Å². The van der Waals surface area contributed by atoms with Gasteiger partial charge in [0.2, 0.25) is 0 Å². The third-order valence-electron chi connectivity index (χ3n) is 4.48. The first-order valence-electron chi connectivity index (χ1n) is 7.33. The van der Waals surface area contributed by atoms with Crippen LogP contribution in [0.2, 0.25) is 0 Å². The lowest BCUT2D eigenvalue weighted by atomic mass is 9.72. The van der Waals surface area contributed by atoms with Crippen LogP contribution in [0.15, 0.2) is 36.5 Å². The van der Waals surface area contributed by atoms with Gasteiger partial charge < -0.3 is 10.5 Å². The highest BCUT2D eigenvalue weighted by Crippen LogP contribution is 2.36. The molecular formula is C17H22N2O. The number of nitrogens with zero attached hydrogens (tertiary/aromatic N) is 1. The molecule has 2 atom stereocenters. The molecule has 3 rings (SSSR count). The average Bonchev–Trinajstić information content (AvgIpc) is 2.44. The van der Waals surface area contributed by atoms with Gasteiger partial charge in [-0.15, -0.1) is 0 Å². The van der Waals surface area contributed by atoms with E-state index in [-0.39, 0.29) is 17.6 Å². The fourth-order valence-corrected chi connectivity index (χ4v) is 3.03. The zero-order chi connectivity index (χ0) is 14.2. The number of benzene rings is 1. The first-order valence-corrected chi connectivity index (χ1v) is 7.33. The monoisotopic (exact) mass is 270 g/mol. The van der Waals surface area contributed by atoms with Crippen molar-refractivity contribution in [3.05, 3.63) is 36.5 Å². The Labute approximate surface area is 120 Å². The molecule has 1 aromatic heterocycles. The molecular weight excluding hydrogens is 248 g/mol. The summed E-state index contributed by atoms with van der Waals surface area (Å²) < 4.78 is 6.15. The van der Waals surface area contributed by atoms with Crippen molar-refractivity contribution >= 4 is 10.9 Å². The molecule has 0 spiro atoms. The van der Waals surface area contributed by atoms with Crippen LogP contribution in [0.5, 0.6) is 5.75 Å². The molecule has 0 bridgehead atoms. The van der Waals surface area contributed by atoms with Gasteiger partial charge in [-0.1, -0.05) is 19.9 Å². The van der Waals surface area contributed by atoms with Gasteiger partial charge >= 0.3 is 0 Å². The smallest absolute Gasteiger partial charge is 0.122 e. The molecule has 1 fully saturated rings. The normalized spacial score (nSPS) is 25.6. The van der Waals surface area contributed by atoms with E-state index in [4.69, 9.17) is 10.5 Å². The summed E-state index contributed by atoms with van der Waals surface area (Å²) >= 11 is 0. The van der Waals surface area contributed by atoms with Crippen molar-refractivity contribution in [1.29, 1.82) is 0 Å². The van der Waals surface area contributed by atoms with Crippen LogP contribution >= 0.6 is 0 Å². The average molecular weight is 270 g/mol. The Morgan fingerprint density at radius 1 is 1.30 bits per heavy atom. The summed E-state index contributed by atoms with van der Waals surface area (Å²) in [7, 11) is 0. The maximum Gasteiger partial charge on any atom is 0.122 e. The highest BCUT2D eigenvalue weighted by atomic mass is 16.5. The lowest BCUT2D eigenvalue weighted by Gasteiger charge is -2.41. The van der Waals surface area contributed by atoms with Crippen molar-refractivity contribution in [2.45, 2.75) is 45.3 Å². The molecule has 1 saturated carbocycles. The topological polar surface area (TPSA) is 48.1 Å². The molecule has 2 unspecified atom stereocenters. The lowest BCUT2D eigenvalue weighted by molar-refractivity contribution is 0.0568. The van der Waals surface area contributed by atoms with Crippen LogP contribution in [-0.4, -0.2) is 17.1 Å². The van der Waals surface area contributed by atoms with E-state index in [9.17, 15) is 0 Å². The minimum Gasteiger partial charge on any atom is -0.489 e. The second-order valence-corrected chi connectivity index (χ2v) is 6.42. The highest BCUT2D eigenvalue weighted by Gasteiger charge is 2.37. The summed E-state index contributed by atoms with van der Waals surface area (Å²) in [5.74, 6) is 0.870. The molecule has 3 nitrogen and oxygen atoms in total. The Bertz CT molecular complexity index is 609. The van der Waals surface area contributed by atoms with Crippen LogP contribution in [0.25, 0.3) is 10.9 Å². The second-order valence-electron chi connectivity index (χ2n) is 6.42. The predicted molar refractivity (Wildman–Crippen MR) is 81.8 cm³/mol. The van der Waals surface area contributed by atoms with Gasteiger partial charge in [0.05, 0.1) is 5.52 Å². The summed E-state index contributed by atoms with van der Waals surface area (Å²) in [5.41, 5.74) is 7.49. The molecule has 20 heavy (non-hydrogen) atoms. The third-order valence-corrected chi connectivity index (χ3v) is 4.48. The van der Waals surface area contributed by atoms with E-state index in [1.54, 1.807) is 0 Å². The van der Waals surface area contributed by atoms with Gasteiger partial charge in [0, 0.05) is 23.7 Å². The zero-order valence-electron chi connectivity index (χ0n) is 12.2. The summed E-state index contributed by atoms with van der Waals surface area (Å²) in [6.45, 7) is 4.46. The molecule has 0 radical (unpaired) electrons. The quantitative estimate of drug-likeness (QED) is 0.908. The molecule has 1 heterocycles. The summed E-state index contributed by atoms with van der Waals surface area (Å²) in [5, 5.41) is 1.13. The number of ether oxygens (including phenoxy) is 1. The Kier molecular flexibility index (Phi) is 3.38. The number of hydrogen-bond donors (Lipinski definition) is 1. The second kappa shape index (κ2) is 5.06. The minimum atomic E-state index is 0.0793. The number of rotatable bonds is 2. The highest BCUT2D eigenvalue weighted by molar-refractivity contribution is 5.79. The number of fused-ring (bicyclic) bond motifs is 1. The van der Waals surface area contributed by atoms with Crippen molar-refractivity contribution in [1.82, 2.24) is 4.98 Å². The third kappa shape index (κ3) is 2.50. The largest absolute Gasteiger partial charge is 0.489 e. The fourth-order valence-electron chi connectivity index (χ4n) is 3.03. The predicted octanol–water partition coefficient (Wildman–Crippen LogP) is 3.52. The Morgan fingerprint density at radius 2 is 2.15 bits per heavy atom. The lowest BCUT2D eigenvalue weighted by Crippen LogP contribution is -2.51. The van der Waals surface area contributed by atoms with E-state index >= 15 is 0 Å². The Balaban J connectivity index is 1.82. The molecule has 0 amide bonds. The molecule has 1 aromatic carbocycles. The SMILES string of the molecule is CC1(C)CCCC(Oc2ccc3cccnc3c2)C1N. The molecule has 2 N–H and O–H groups in total. The van der Waals surface area contributed by atoms with Crippen LogP contribution in [0, 0.1) is 5.41 Å². The minimum absolute atomic E-state index is 0.0793. The number of hydrogen-bond acceptors (Lipinski definition) is 3. The number of pyridine rings is 1. The van der Waals surface area contributed by atoms with Gasteiger partial charge in [0.1, 0.15) is 11.9 Å². The van der Waals surface area contributed by atoms with E-state index in [0.29, 0.717) is 0 Å². The molecule has 1 aliphatic carbocycles. The van der Waals surface area contributed by atoms with E-state index < -0.39 is 0 Å². The first kappa shape index (κ1) is 13.4. The maximum atomic E-state index is 6.38. The van der Waals surface area contributed by atoms with Crippen LogP contribution in [0.3, 0.4) is 0 Å². The van der Waals surface area contributed by atoms with E-state index in [0.717, 1.165) is 23.1 Å². The van der Waals surface area contributed by atoms with Gasteiger partial charge in [-0.05, 0) is 42.9 Å². The molecule has 0 saturated heterocycles. The van der Waals surface area contributed by atoms with Crippen molar-refractivity contribution in [3.8, 4) is 5.75 Å². The van der Waals surface area contributed by atoms with Gasteiger partial charge in [0.25, 0.3) is 0 Å². The van der Waals surface area contributed by atoms with Crippen molar-refractivity contribution in [2.24, 2.45) is 11.1 Å². The van der Waals surface area contributed by atoms with Gasteiger partial charge in [-0.25, -0.2) is 0 Å². The fraction of sp³-hybridized carbons (Fsp3) is 0.471. The van der Waals surface area contributed by atoms with E-state index in [2.05, 4.69) is 31.0 Å². The van der Waals surface area contributed by atoms with Crippen molar-refractivity contribution in [2.75, 3.05) is 0 Å². The molecule has 1 aliphatic rings. The van der Waals surface area contributed by atoms with Crippen LogP contribution in [-0.2, 0) is 0 Å².